The van der Waals surface area contributed by atoms with Gasteiger partial charge in [-0.3, -0.25) is 0 Å². The van der Waals surface area contributed by atoms with E-state index in [1.165, 1.54) is 0 Å². The second-order valence-corrected chi connectivity index (χ2v) is 2.75. The number of anilines is 1. The second-order valence-electron chi connectivity index (χ2n) is 2.75. The fourth-order valence-corrected chi connectivity index (χ4v) is 0.950. The molecule has 1 aromatic rings. The van der Waals surface area contributed by atoms with E-state index in [0.29, 0.717) is 19.1 Å². The van der Waals surface area contributed by atoms with Crippen LogP contribution >= 0.6 is 0 Å². The third-order valence-corrected chi connectivity index (χ3v) is 1.58. The van der Waals surface area contributed by atoms with Gasteiger partial charge in [0.05, 0.1) is 6.61 Å². The Kier molecular flexibility index (Phi) is 5.62. The molecule has 0 aliphatic carbocycles. The molecule has 0 saturated carbocycles. The second kappa shape index (κ2) is 7.23. The molecule has 5 heteroatoms. The largest absolute Gasteiger partial charge is 0.380 e. The van der Waals surface area contributed by atoms with Gasteiger partial charge in [0.2, 0.25) is 5.95 Å². The predicted molar refractivity (Wildman–Crippen MR) is 55.0 cm³/mol. The molecule has 1 rings (SSSR count). The highest BCUT2D eigenvalue weighted by atomic mass is 16.5. The average molecular weight is 196 g/mol. The number of ether oxygens (including phenoxy) is 1. The van der Waals surface area contributed by atoms with Crippen LogP contribution in [-0.4, -0.2) is 36.3 Å². The fourth-order valence-electron chi connectivity index (χ4n) is 0.950. The SMILES string of the molecule is NCCOCCCNc1ncccn1. The lowest BCUT2D eigenvalue weighted by atomic mass is 10.4. The number of nitrogens with two attached hydrogens (primary N) is 1. The minimum absolute atomic E-state index is 0.579. The maximum Gasteiger partial charge on any atom is 0.222 e. The maximum absolute atomic E-state index is 5.27. The van der Waals surface area contributed by atoms with Gasteiger partial charge in [0, 0.05) is 32.1 Å². The van der Waals surface area contributed by atoms with Gasteiger partial charge >= 0.3 is 0 Å². The molecule has 0 amide bonds. The van der Waals surface area contributed by atoms with Crippen LogP contribution in [0.25, 0.3) is 0 Å². The van der Waals surface area contributed by atoms with Crippen LogP contribution in [0.2, 0.25) is 0 Å². The molecule has 0 bridgehead atoms. The van der Waals surface area contributed by atoms with Crippen LogP contribution in [0, 0.1) is 0 Å². The van der Waals surface area contributed by atoms with Crippen LogP contribution in [0.15, 0.2) is 18.5 Å². The van der Waals surface area contributed by atoms with Gasteiger partial charge in [-0.15, -0.1) is 0 Å². The minimum atomic E-state index is 0.579. The minimum Gasteiger partial charge on any atom is -0.380 e. The maximum atomic E-state index is 5.27. The van der Waals surface area contributed by atoms with Crippen LogP contribution in [-0.2, 0) is 4.74 Å². The summed E-state index contributed by atoms with van der Waals surface area (Å²) in [5.74, 6) is 0.659. The number of aromatic nitrogens is 2. The molecule has 14 heavy (non-hydrogen) atoms. The van der Waals surface area contributed by atoms with Gasteiger partial charge in [0.15, 0.2) is 0 Å². The summed E-state index contributed by atoms with van der Waals surface area (Å²) in [5.41, 5.74) is 5.27. The molecule has 0 unspecified atom stereocenters. The molecule has 78 valence electrons. The van der Waals surface area contributed by atoms with E-state index in [4.69, 9.17) is 10.5 Å². The van der Waals surface area contributed by atoms with E-state index < -0.39 is 0 Å². The van der Waals surface area contributed by atoms with E-state index >= 15 is 0 Å². The first-order chi connectivity index (χ1) is 6.93. The molecule has 0 aromatic carbocycles. The zero-order chi connectivity index (χ0) is 10.1. The molecule has 0 aliphatic heterocycles. The van der Waals surface area contributed by atoms with Crippen LogP contribution in [0.5, 0.6) is 0 Å². The predicted octanol–water partition coefficient (Wildman–Crippen LogP) is 0.254. The first kappa shape index (κ1) is 10.9. The summed E-state index contributed by atoms with van der Waals surface area (Å²) in [4.78, 5) is 8.06. The molecule has 0 aliphatic rings. The van der Waals surface area contributed by atoms with E-state index in [0.717, 1.165) is 19.6 Å². The van der Waals surface area contributed by atoms with Gasteiger partial charge in [0.1, 0.15) is 0 Å². The Balaban J connectivity index is 1.99. The molecule has 0 radical (unpaired) electrons. The molecule has 0 saturated heterocycles. The Bertz CT molecular complexity index is 230. The Morgan fingerprint density at radius 2 is 2.07 bits per heavy atom. The highest BCUT2D eigenvalue weighted by Gasteiger charge is 1.92. The summed E-state index contributed by atoms with van der Waals surface area (Å²) in [6.07, 6.45) is 4.35. The molecule has 0 spiro atoms. The third-order valence-electron chi connectivity index (χ3n) is 1.58. The van der Waals surface area contributed by atoms with E-state index in [9.17, 15) is 0 Å². The highest BCUT2D eigenvalue weighted by molar-refractivity contribution is 5.21. The fraction of sp³-hybridized carbons (Fsp3) is 0.556. The highest BCUT2D eigenvalue weighted by Crippen LogP contribution is 1.93. The smallest absolute Gasteiger partial charge is 0.222 e. The molecule has 1 aromatic heterocycles. The van der Waals surface area contributed by atoms with Crippen molar-refractivity contribution in [2.75, 3.05) is 31.6 Å². The lowest BCUT2D eigenvalue weighted by Gasteiger charge is -2.04. The van der Waals surface area contributed by atoms with E-state index in [1.54, 1.807) is 18.5 Å². The summed E-state index contributed by atoms with van der Waals surface area (Å²) < 4.78 is 5.21. The van der Waals surface area contributed by atoms with Crippen LogP contribution < -0.4 is 11.1 Å². The average Bonchev–Trinajstić information content (AvgIpc) is 2.25. The van der Waals surface area contributed by atoms with Gasteiger partial charge < -0.3 is 15.8 Å². The Hall–Kier alpha value is -1.20. The van der Waals surface area contributed by atoms with Crippen molar-refractivity contribution in [3.63, 3.8) is 0 Å². The van der Waals surface area contributed by atoms with Crippen molar-refractivity contribution in [3.05, 3.63) is 18.5 Å². The van der Waals surface area contributed by atoms with Crippen molar-refractivity contribution >= 4 is 5.95 Å². The quantitative estimate of drug-likeness (QED) is 0.612. The van der Waals surface area contributed by atoms with Gasteiger partial charge in [-0.1, -0.05) is 0 Å². The van der Waals surface area contributed by atoms with Crippen molar-refractivity contribution in [2.24, 2.45) is 5.73 Å². The molecule has 3 N–H and O–H groups in total. The van der Waals surface area contributed by atoms with Gasteiger partial charge in [-0.25, -0.2) is 9.97 Å². The van der Waals surface area contributed by atoms with Crippen molar-refractivity contribution in [2.45, 2.75) is 6.42 Å². The van der Waals surface area contributed by atoms with Crippen molar-refractivity contribution in [1.29, 1.82) is 0 Å². The first-order valence-corrected chi connectivity index (χ1v) is 4.72. The van der Waals surface area contributed by atoms with Gasteiger partial charge in [0.25, 0.3) is 0 Å². The Labute approximate surface area is 83.7 Å². The normalized spacial score (nSPS) is 10.1. The summed E-state index contributed by atoms with van der Waals surface area (Å²) in [6.45, 7) is 2.74. The third kappa shape index (κ3) is 4.74. The topological polar surface area (TPSA) is 73.1 Å². The molecule has 0 atom stereocenters. The molecule has 5 nitrogen and oxygen atoms in total. The van der Waals surface area contributed by atoms with Crippen LogP contribution in [0.1, 0.15) is 6.42 Å². The Morgan fingerprint density at radius 3 is 2.79 bits per heavy atom. The summed E-state index contributed by atoms with van der Waals surface area (Å²) in [7, 11) is 0. The number of rotatable bonds is 7. The van der Waals surface area contributed by atoms with Crippen molar-refractivity contribution < 1.29 is 4.74 Å². The summed E-state index contributed by atoms with van der Waals surface area (Å²) in [5, 5.41) is 3.09. The number of nitrogens with one attached hydrogen (secondary N) is 1. The van der Waals surface area contributed by atoms with E-state index in [1.807, 2.05) is 0 Å². The summed E-state index contributed by atoms with van der Waals surface area (Å²) in [6, 6.07) is 1.79. The number of hydrogen-bond acceptors (Lipinski definition) is 5. The zero-order valence-corrected chi connectivity index (χ0v) is 8.15. The van der Waals surface area contributed by atoms with Gasteiger partial charge in [-0.2, -0.15) is 0 Å². The van der Waals surface area contributed by atoms with Crippen LogP contribution in [0.3, 0.4) is 0 Å². The summed E-state index contributed by atoms with van der Waals surface area (Å²) >= 11 is 0. The number of hydrogen-bond donors (Lipinski definition) is 2. The monoisotopic (exact) mass is 196 g/mol. The molecular formula is C9H16N4O. The van der Waals surface area contributed by atoms with Crippen molar-refractivity contribution in [1.82, 2.24) is 9.97 Å². The van der Waals surface area contributed by atoms with Crippen molar-refractivity contribution in [3.8, 4) is 0 Å². The van der Waals surface area contributed by atoms with E-state index in [2.05, 4.69) is 15.3 Å². The van der Waals surface area contributed by atoms with Gasteiger partial charge in [-0.05, 0) is 12.5 Å². The lowest BCUT2D eigenvalue weighted by Crippen LogP contribution is -2.12. The Morgan fingerprint density at radius 1 is 1.29 bits per heavy atom. The molecule has 0 fully saturated rings. The van der Waals surface area contributed by atoms with E-state index in [-0.39, 0.29) is 0 Å². The lowest BCUT2D eigenvalue weighted by molar-refractivity contribution is 0.141. The van der Waals surface area contributed by atoms with Crippen LogP contribution in [0.4, 0.5) is 5.95 Å². The zero-order valence-electron chi connectivity index (χ0n) is 8.15. The first-order valence-electron chi connectivity index (χ1n) is 4.72. The molecular weight excluding hydrogens is 180 g/mol. The number of nitrogens with zero attached hydrogens (tertiary/aromatic N) is 2. The molecule has 1 heterocycles. The standard InChI is InChI=1S/C9H16N4O/c10-3-8-14-7-2-6-13-9-11-4-1-5-12-9/h1,4-5H,2-3,6-8,10H2,(H,11,12,13).